The van der Waals surface area contributed by atoms with Crippen molar-refractivity contribution < 1.29 is 19.1 Å². The number of rotatable bonds is 5. The molecule has 1 N–H and O–H groups in total. The van der Waals surface area contributed by atoms with Gasteiger partial charge in [0, 0.05) is 22.0 Å². The van der Waals surface area contributed by atoms with E-state index in [0.717, 1.165) is 16.7 Å². The third kappa shape index (κ3) is 2.37. The molecule has 124 valence electrons. The molecule has 0 spiro atoms. The van der Waals surface area contributed by atoms with E-state index in [1.54, 1.807) is 13.2 Å². The lowest BCUT2D eigenvalue weighted by Gasteiger charge is -2.14. The van der Waals surface area contributed by atoms with Crippen LogP contribution >= 0.6 is 0 Å². The largest absolute Gasteiger partial charge is 0.497 e. The number of ether oxygens (including phenoxy) is 1. The Morgan fingerprint density at radius 2 is 2.08 bits per heavy atom. The lowest BCUT2D eigenvalue weighted by molar-refractivity contribution is 0.0660. The average Bonchev–Trinajstić information content (AvgIpc) is 3.00. The molecule has 1 fully saturated rings. The first kappa shape index (κ1) is 14.9. The molecule has 2 aromatic heterocycles. The molecule has 5 nitrogen and oxygen atoms in total. The first-order valence-corrected chi connectivity index (χ1v) is 8.00. The maximum absolute atomic E-state index is 11.0. The molecule has 0 radical (unpaired) electrons. The maximum atomic E-state index is 11.0. The van der Waals surface area contributed by atoms with E-state index in [4.69, 9.17) is 14.3 Å². The fourth-order valence-electron chi connectivity index (χ4n) is 3.22. The molecule has 2 heterocycles. The molecule has 1 saturated carbocycles. The number of furan rings is 1. The molecule has 0 unspecified atom stereocenters. The molecule has 0 atom stereocenters. The average molecular weight is 325 g/mol. The Labute approximate surface area is 139 Å². The highest BCUT2D eigenvalue weighted by Gasteiger charge is 2.42. The number of methoxy groups -OCH3 is 1. The van der Waals surface area contributed by atoms with E-state index in [-0.39, 0.29) is 11.2 Å². The molecule has 3 aromatic rings. The van der Waals surface area contributed by atoms with E-state index in [1.807, 2.05) is 18.2 Å². The quantitative estimate of drug-likeness (QED) is 0.769. The van der Waals surface area contributed by atoms with Crippen molar-refractivity contribution in [1.29, 1.82) is 0 Å². The van der Waals surface area contributed by atoms with Crippen LogP contribution in [0.4, 0.5) is 0 Å². The van der Waals surface area contributed by atoms with Crippen LogP contribution in [0.1, 0.15) is 41.8 Å². The van der Waals surface area contributed by atoms with Crippen molar-refractivity contribution in [2.75, 3.05) is 7.11 Å². The summed E-state index contributed by atoms with van der Waals surface area (Å²) < 4.78 is 13.0. The first-order valence-electron chi connectivity index (χ1n) is 8.00. The van der Waals surface area contributed by atoms with Crippen LogP contribution in [0.15, 0.2) is 40.8 Å². The van der Waals surface area contributed by atoms with Gasteiger partial charge in [-0.25, -0.2) is 4.79 Å². The summed E-state index contributed by atoms with van der Waals surface area (Å²) in [6.07, 6.45) is 2.33. The second kappa shape index (κ2) is 5.16. The molecule has 4 rings (SSSR count). The normalized spacial score (nSPS) is 15.6. The fraction of sp³-hybridized carbons (Fsp3) is 0.316. The van der Waals surface area contributed by atoms with Crippen LogP contribution in [0.25, 0.3) is 10.9 Å². The summed E-state index contributed by atoms with van der Waals surface area (Å²) in [5.41, 5.74) is 2.56. The molecule has 0 amide bonds. The minimum absolute atomic E-state index is 0.0256. The topological polar surface area (TPSA) is 64.6 Å². The van der Waals surface area contributed by atoms with E-state index < -0.39 is 5.97 Å². The van der Waals surface area contributed by atoms with E-state index in [0.29, 0.717) is 12.3 Å². The molecular weight excluding hydrogens is 306 g/mol. The summed E-state index contributed by atoms with van der Waals surface area (Å²) in [7, 11) is 1.66. The summed E-state index contributed by atoms with van der Waals surface area (Å²) in [5.74, 6) is 0.407. The van der Waals surface area contributed by atoms with Gasteiger partial charge in [0.1, 0.15) is 11.5 Å². The van der Waals surface area contributed by atoms with Crippen molar-refractivity contribution in [2.45, 2.75) is 31.7 Å². The molecule has 0 bridgehead atoms. The number of carboxylic acid groups (broad SMARTS) is 1. The van der Waals surface area contributed by atoms with Crippen molar-refractivity contribution >= 4 is 16.9 Å². The number of hydrogen-bond acceptors (Lipinski definition) is 3. The summed E-state index contributed by atoms with van der Waals surface area (Å²) in [6.45, 7) is 2.79. The van der Waals surface area contributed by atoms with Crippen LogP contribution in [0, 0.1) is 0 Å². The first-order chi connectivity index (χ1) is 11.5. The number of hydrogen-bond donors (Lipinski definition) is 1. The summed E-state index contributed by atoms with van der Waals surface area (Å²) >= 11 is 0. The van der Waals surface area contributed by atoms with Gasteiger partial charge in [-0.05, 0) is 49.2 Å². The van der Waals surface area contributed by atoms with Gasteiger partial charge in [0.25, 0.3) is 0 Å². The monoisotopic (exact) mass is 325 g/mol. The Kier molecular flexibility index (Phi) is 3.20. The van der Waals surface area contributed by atoms with Crippen LogP contribution < -0.4 is 4.74 Å². The lowest BCUT2D eigenvalue weighted by atomic mass is 10.1. The van der Waals surface area contributed by atoms with Gasteiger partial charge in [-0.1, -0.05) is 6.92 Å². The van der Waals surface area contributed by atoms with Gasteiger partial charge in [0.2, 0.25) is 5.76 Å². The summed E-state index contributed by atoms with van der Waals surface area (Å²) in [5, 5.41) is 10.2. The summed E-state index contributed by atoms with van der Waals surface area (Å²) in [6, 6.07) is 11.5. The van der Waals surface area contributed by atoms with Crippen LogP contribution in [0.5, 0.6) is 5.75 Å². The Hall–Kier alpha value is -2.69. The van der Waals surface area contributed by atoms with E-state index in [1.165, 1.54) is 24.6 Å². The molecule has 24 heavy (non-hydrogen) atoms. The van der Waals surface area contributed by atoms with Gasteiger partial charge in [-0.15, -0.1) is 0 Å². The second-order valence-electron chi connectivity index (χ2n) is 6.67. The van der Waals surface area contributed by atoms with Gasteiger partial charge < -0.3 is 18.8 Å². The van der Waals surface area contributed by atoms with E-state index in [9.17, 15) is 4.79 Å². The zero-order valence-electron chi connectivity index (χ0n) is 13.7. The zero-order chi connectivity index (χ0) is 16.9. The highest BCUT2D eigenvalue weighted by Crippen LogP contribution is 2.49. The number of aromatic nitrogens is 1. The number of nitrogens with zero attached hydrogens (tertiary/aromatic N) is 1. The Balaban J connectivity index is 1.81. The minimum atomic E-state index is -1.04. The van der Waals surface area contributed by atoms with Crippen molar-refractivity contribution in [3.8, 4) is 5.75 Å². The van der Waals surface area contributed by atoms with Gasteiger partial charge in [-0.2, -0.15) is 0 Å². The highest BCUT2D eigenvalue weighted by atomic mass is 16.5. The Morgan fingerprint density at radius 1 is 1.29 bits per heavy atom. The van der Waals surface area contributed by atoms with Crippen LogP contribution in [-0.2, 0) is 12.0 Å². The van der Waals surface area contributed by atoms with Gasteiger partial charge in [0.05, 0.1) is 13.7 Å². The minimum Gasteiger partial charge on any atom is -0.497 e. The predicted octanol–water partition coefficient (Wildman–Crippen LogP) is 4.04. The number of fused-ring (bicyclic) bond motifs is 1. The maximum Gasteiger partial charge on any atom is 0.371 e. The molecule has 1 aliphatic rings. The van der Waals surface area contributed by atoms with Crippen molar-refractivity contribution in [3.05, 3.63) is 53.6 Å². The zero-order valence-corrected chi connectivity index (χ0v) is 13.7. The highest BCUT2D eigenvalue weighted by molar-refractivity contribution is 5.85. The fourth-order valence-corrected chi connectivity index (χ4v) is 3.22. The van der Waals surface area contributed by atoms with Crippen LogP contribution in [0.2, 0.25) is 0 Å². The molecule has 0 saturated heterocycles. The number of carbonyl (C=O) groups is 1. The smallest absolute Gasteiger partial charge is 0.371 e. The third-order valence-corrected chi connectivity index (χ3v) is 4.91. The number of aromatic carboxylic acids is 1. The number of benzene rings is 1. The van der Waals surface area contributed by atoms with Gasteiger partial charge in [0.15, 0.2) is 0 Å². The van der Waals surface area contributed by atoms with Gasteiger partial charge >= 0.3 is 5.97 Å². The van der Waals surface area contributed by atoms with Crippen molar-refractivity contribution in [3.63, 3.8) is 0 Å². The molecule has 1 aromatic carbocycles. The Bertz CT molecular complexity index is 930. The standard InChI is InChI=1S/C19H19NO4/c1-19(7-8-19)17-10-12-9-13(23-2)3-5-15(12)20(17)11-14-4-6-16(24-14)18(21)22/h3-6,9-10H,7-8,11H2,1-2H3,(H,21,22). The second-order valence-corrected chi connectivity index (χ2v) is 6.67. The number of carboxylic acids is 1. The molecule has 5 heteroatoms. The third-order valence-electron chi connectivity index (χ3n) is 4.91. The van der Waals surface area contributed by atoms with Crippen molar-refractivity contribution in [1.82, 2.24) is 4.57 Å². The Morgan fingerprint density at radius 3 is 2.71 bits per heavy atom. The molecule has 1 aliphatic carbocycles. The lowest BCUT2D eigenvalue weighted by Crippen LogP contribution is -2.10. The van der Waals surface area contributed by atoms with E-state index in [2.05, 4.69) is 17.6 Å². The van der Waals surface area contributed by atoms with E-state index >= 15 is 0 Å². The van der Waals surface area contributed by atoms with Gasteiger partial charge in [-0.3, -0.25) is 0 Å². The molecule has 0 aliphatic heterocycles. The van der Waals surface area contributed by atoms with Crippen LogP contribution in [0.3, 0.4) is 0 Å². The molecular formula is C19H19NO4. The van der Waals surface area contributed by atoms with Crippen LogP contribution in [-0.4, -0.2) is 22.8 Å². The van der Waals surface area contributed by atoms with Crippen molar-refractivity contribution in [2.24, 2.45) is 0 Å². The SMILES string of the molecule is COc1ccc2c(c1)cc(C1(C)CC1)n2Cc1ccc(C(=O)O)o1. The predicted molar refractivity (Wildman–Crippen MR) is 89.8 cm³/mol. The summed E-state index contributed by atoms with van der Waals surface area (Å²) in [4.78, 5) is 11.0.